The van der Waals surface area contributed by atoms with Gasteiger partial charge in [0, 0.05) is 12.1 Å². The second kappa shape index (κ2) is 7.01. The average Bonchev–Trinajstić information content (AvgIpc) is 2.35. The van der Waals surface area contributed by atoms with Gasteiger partial charge in [-0.1, -0.05) is 55.4 Å². The molecule has 0 aromatic heterocycles. The first kappa shape index (κ1) is 22.9. The summed E-state index contributed by atoms with van der Waals surface area (Å²) < 4.78 is 0. The topological polar surface area (TPSA) is 43.7 Å². The fourth-order valence-corrected chi connectivity index (χ4v) is 3.99. The lowest BCUT2D eigenvalue weighted by atomic mass is 9.49. The van der Waals surface area contributed by atoms with Crippen LogP contribution in [0.5, 0.6) is 0 Å². The Kier molecular flexibility index (Phi) is 6.98. The molecule has 0 aromatic carbocycles. The molecule has 2 atom stereocenters. The van der Waals surface area contributed by atoms with Crippen molar-refractivity contribution in [1.29, 1.82) is 0 Å². The molecule has 0 bridgehead atoms. The maximum Gasteiger partial charge on any atom is 0.0612 e. The lowest BCUT2D eigenvalue weighted by Gasteiger charge is -2.57. The van der Waals surface area contributed by atoms with Gasteiger partial charge in [-0.25, -0.2) is 0 Å². The van der Waals surface area contributed by atoms with Crippen LogP contribution in [-0.4, -0.2) is 48.0 Å². The minimum Gasteiger partial charge on any atom is -0.396 e. The van der Waals surface area contributed by atoms with E-state index in [1.54, 1.807) is 0 Å². The standard InChI is InChI=1S/C20H43NO2/c1-16(2,3)12-19(8,14-22)18(6,7)17(4,5)13-20(9,15-23)21(10)11/h22-23H,12-15H2,1-11H3. The van der Waals surface area contributed by atoms with E-state index in [4.69, 9.17) is 0 Å². The highest BCUT2D eigenvalue weighted by atomic mass is 16.3. The van der Waals surface area contributed by atoms with Crippen LogP contribution in [0.2, 0.25) is 0 Å². The summed E-state index contributed by atoms with van der Waals surface area (Å²) in [5, 5.41) is 20.2. The zero-order chi connectivity index (χ0) is 18.9. The van der Waals surface area contributed by atoms with Gasteiger partial charge >= 0.3 is 0 Å². The number of hydrogen-bond donors (Lipinski definition) is 2. The third-order valence-corrected chi connectivity index (χ3v) is 6.71. The summed E-state index contributed by atoms with van der Waals surface area (Å²) in [6, 6.07) is 0. The van der Waals surface area contributed by atoms with Gasteiger partial charge in [-0.3, -0.25) is 0 Å². The van der Waals surface area contributed by atoms with Crippen LogP contribution in [0, 0.1) is 21.7 Å². The molecule has 0 rings (SSSR count). The molecule has 0 aliphatic heterocycles. The van der Waals surface area contributed by atoms with E-state index in [0.717, 1.165) is 12.8 Å². The van der Waals surface area contributed by atoms with Crippen molar-refractivity contribution in [2.75, 3.05) is 27.3 Å². The average molecular weight is 330 g/mol. The Bertz CT molecular complexity index is 382. The Hall–Kier alpha value is -0.120. The predicted molar refractivity (Wildman–Crippen MR) is 101 cm³/mol. The van der Waals surface area contributed by atoms with Gasteiger partial charge in [0.2, 0.25) is 0 Å². The molecule has 3 nitrogen and oxygen atoms in total. The lowest BCUT2D eigenvalue weighted by molar-refractivity contribution is -0.107. The smallest absolute Gasteiger partial charge is 0.0612 e. The van der Waals surface area contributed by atoms with Gasteiger partial charge in [0.15, 0.2) is 0 Å². The van der Waals surface area contributed by atoms with Crippen LogP contribution < -0.4 is 0 Å². The molecule has 0 spiro atoms. The maximum absolute atomic E-state index is 10.3. The molecule has 23 heavy (non-hydrogen) atoms. The van der Waals surface area contributed by atoms with Crippen LogP contribution >= 0.6 is 0 Å². The molecule has 140 valence electrons. The third-order valence-electron chi connectivity index (χ3n) is 6.71. The van der Waals surface area contributed by atoms with Crippen LogP contribution in [0.1, 0.15) is 75.2 Å². The van der Waals surface area contributed by atoms with Crippen LogP contribution in [-0.2, 0) is 0 Å². The number of hydrogen-bond acceptors (Lipinski definition) is 3. The van der Waals surface area contributed by atoms with Gasteiger partial charge in [-0.15, -0.1) is 0 Å². The second-order valence-corrected chi connectivity index (χ2v) is 10.7. The first-order valence-corrected chi connectivity index (χ1v) is 8.87. The Labute approximate surface area is 145 Å². The summed E-state index contributed by atoms with van der Waals surface area (Å²) in [7, 11) is 4.05. The molecule has 0 aliphatic carbocycles. The summed E-state index contributed by atoms with van der Waals surface area (Å²) in [4.78, 5) is 2.12. The van der Waals surface area contributed by atoms with E-state index in [-0.39, 0.29) is 40.4 Å². The van der Waals surface area contributed by atoms with Crippen LogP contribution in [0.3, 0.4) is 0 Å². The molecule has 0 aromatic rings. The van der Waals surface area contributed by atoms with Gasteiger partial charge in [-0.05, 0) is 55.5 Å². The van der Waals surface area contributed by atoms with E-state index in [9.17, 15) is 10.2 Å². The summed E-state index contributed by atoms with van der Waals surface area (Å²) in [6.07, 6.45) is 1.83. The molecule has 0 saturated carbocycles. The highest BCUT2D eigenvalue weighted by Crippen LogP contribution is 2.58. The van der Waals surface area contributed by atoms with E-state index in [1.807, 2.05) is 14.1 Å². The molecular weight excluding hydrogens is 286 g/mol. The van der Waals surface area contributed by atoms with E-state index in [1.165, 1.54) is 0 Å². The molecule has 2 N–H and O–H groups in total. The molecule has 0 aliphatic rings. The van der Waals surface area contributed by atoms with Gasteiger partial charge in [0.05, 0.1) is 6.61 Å². The SMILES string of the molecule is CN(C)C(C)(CO)CC(C)(C)C(C)(C)C(C)(CO)CC(C)(C)C. The zero-order valence-electron chi connectivity index (χ0n) is 17.7. The van der Waals surface area contributed by atoms with Crippen molar-refractivity contribution in [3.05, 3.63) is 0 Å². The number of aliphatic hydroxyl groups is 2. The highest BCUT2D eigenvalue weighted by molar-refractivity contribution is 5.03. The Morgan fingerprint density at radius 3 is 1.39 bits per heavy atom. The van der Waals surface area contributed by atoms with E-state index >= 15 is 0 Å². The number of aliphatic hydroxyl groups excluding tert-OH is 2. The van der Waals surface area contributed by atoms with Crippen molar-refractivity contribution < 1.29 is 10.2 Å². The van der Waals surface area contributed by atoms with Crippen molar-refractivity contribution in [2.24, 2.45) is 21.7 Å². The molecule has 3 heteroatoms. The predicted octanol–water partition coefficient (Wildman–Crippen LogP) is 4.18. The molecule has 0 saturated heterocycles. The van der Waals surface area contributed by atoms with E-state index in [2.05, 4.69) is 67.2 Å². The fraction of sp³-hybridized carbons (Fsp3) is 1.00. The molecule has 2 unspecified atom stereocenters. The summed E-state index contributed by atoms with van der Waals surface area (Å²) in [5.41, 5.74) is -0.422. The summed E-state index contributed by atoms with van der Waals surface area (Å²) in [5.74, 6) is 0. The summed E-state index contributed by atoms with van der Waals surface area (Å²) >= 11 is 0. The number of rotatable bonds is 8. The monoisotopic (exact) mass is 329 g/mol. The molecule has 0 heterocycles. The Balaban J connectivity index is 5.75. The van der Waals surface area contributed by atoms with Crippen LogP contribution in [0.4, 0.5) is 0 Å². The van der Waals surface area contributed by atoms with Crippen molar-refractivity contribution >= 4 is 0 Å². The number of likely N-dealkylation sites (N-methyl/N-ethyl adjacent to an activating group) is 1. The van der Waals surface area contributed by atoms with Gasteiger partial charge in [0.1, 0.15) is 0 Å². The Morgan fingerprint density at radius 2 is 1.13 bits per heavy atom. The quantitative estimate of drug-likeness (QED) is 0.702. The van der Waals surface area contributed by atoms with Crippen molar-refractivity contribution in [3.8, 4) is 0 Å². The zero-order valence-corrected chi connectivity index (χ0v) is 17.7. The fourth-order valence-electron chi connectivity index (χ4n) is 3.99. The largest absolute Gasteiger partial charge is 0.396 e. The lowest BCUT2D eigenvalue weighted by Crippen LogP contribution is -2.55. The molecule has 0 radical (unpaired) electrons. The van der Waals surface area contributed by atoms with E-state index in [0.29, 0.717) is 0 Å². The van der Waals surface area contributed by atoms with E-state index < -0.39 is 0 Å². The molecule has 0 amide bonds. The van der Waals surface area contributed by atoms with Gasteiger partial charge in [0.25, 0.3) is 0 Å². The van der Waals surface area contributed by atoms with Crippen molar-refractivity contribution in [1.82, 2.24) is 4.90 Å². The normalized spacial score (nSPS) is 19.6. The van der Waals surface area contributed by atoms with Crippen LogP contribution in [0.25, 0.3) is 0 Å². The van der Waals surface area contributed by atoms with Crippen molar-refractivity contribution in [3.63, 3.8) is 0 Å². The van der Waals surface area contributed by atoms with Gasteiger partial charge in [-0.2, -0.15) is 0 Å². The number of nitrogens with zero attached hydrogens (tertiary/aromatic N) is 1. The first-order valence-electron chi connectivity index (χ1n) is 8.87. The Morgan fingerprint density at radius 1 is 0.696 bits per heavy atom. The van der Waals surface area contributed by atoms with Crippen LogP contribution in [0.15, 0.2) is 0 Å². The highest BCUT2D eigenvalue weighted by Gasteiger charge is 2.53. The van der Waals surface area contributed by atoms with Crippen molar-refractivity contribution in [2.45, 2.75) is 80.7 Å². The third kappa shape index (κ3) is 4.93. The van der Waals surface area contributed by atoms with Gasteiger partial charge < -0.3 is 15.1 Å². The molecule has 0 fully saturated rings. The summed E-state index contributed by atoms with van der Waals surface area (Å²) in [6.45, 7) is 20.5. The second-order valence-electron chi connectivity index (χ2n) is 10.7. The maximum atomic E-state index is 10.3. The minimum atomic E-state index is -0.265. The first-order chi connectivity index (χ1) is 9.98. The molecular formula is C20H43NO2. The minimum absolute atomic E-state index is 0.0442.